The van der Waals surface area contributed by atoms with Gasteiger partial charge < -0.3 is 5.32 Å². The fourth-order valence-corrected chi connectivity index (χ4v) is 3.85. The van der Waals surface area contributed by atoms with Gasteiger partial charge >= 0.3 is 0 Å². The molecule has 1 aromatic heterocycles. The maximum Gasteiger partial charge on any atom is 0.252 e. The van der Waals surface area contributed by atoms with E-state index in [4.69, 9.17) is 0 Å². The summed E-state index contributed by atoms with van der Waals surface area (Å²) in [5, 5.41) is 5.10. The minimum Gasteiger partial charge on any atom is -0.349 e. The number of thiophene rings is 1. The van der Waals surface area contributed by atoms with E-state index < -0.39 is 0 Å². The zero-order valence-corrected chi connectivity index (χ0v) is 13.2. The molecule has 0 saturated heterocycles. The van der Waals surface area contributed by atoms with Crippen LogP contribution in [-0.2, 0) is 0 Å². The van der Waals surface area contributed by atoms with E-state index in [0.717, 1.165) is 21.3 Å². The van der Waals surface area contributed by atoms with Gasteiger partial charge in [0.15, 0.2) is 0 Å². The van der Waals surface area contributed by atoms with E-state index >= 15 is 0 Å². The second-order valence-corrected chi connectivity index (χ2v) is 8.38. The fourth-order valence-electron chi connectivity index (χ4n) is 2.52. The van der Waals surface area contributed by atoms with Crippen LogP contribution >= 0.6 is 33.9 Å². The zero-order valence-electron chi connectivity index (χ0n) is 10.3. The molecule has 1 N–H and O–H groups in total. The molecule has 0 aliphatic heterocycles. The molecule has 1 aliphatic rings. The third-order valence-corrected chi connectivity index (χ3v) is 5.16. The van der Waals surface area contributed by atoms with E-state index in [0.29, 0.717) is 11.5 Å². The van der Waals surface area contributed by atoms with Gasteiger partial charge in [0, 0.05) is 11.4 Å². The van der Waals surface area contributed by atoms with Crippen molar-refractivity contribution in [3.05, 3.63) is 19.9 Å². The van der Waals surface area contributed by atoms with Crippen molar-refractivity contribution in [1.82, 2.24) is 5.32 Å². The molecule has 2 rings (SSSR count). The van der Waals surface area contributed by atoms with E-state index in [1.165, 1.54) is 12.8 Å². The molecular formula is C13H18INOS. The Kier molecular flexibility index (Phi) is 4.13. The van der Waals surface area contributed by atoms with E-state index in [9.17, 15) is 4.79 Å². The minimum absolute atomic E-state index is 0.0897. The number of carbonyl (C=O) groups is 1. The Morgan fingerprint density at radius 2 is 2.35 bits per heavy atom. The highest BCUT2D eigenvalue weighted by molar-refractivity contribution is 14.1. The summed E-state index contributed by atoms with van der Waals surface area (Å²) < 4.78 is 1.16. The van der Waals surface area contributed by atoms with E-state index in [1.807, 2.05) is 11.4 Å². The van der Waals surface area contributed by atoms with Gasteiger partial charge in [0.2, 0.25) is 0 Å². The fraction of sp³-hybridized carbons (Fsp3) is 0.615. The first kappa shape index (κ1) is 13.3. The SMILES string of the molecule is CC1(C)CCCC(NC(=O)c2csc(I)c2)C1. The summed E-state index contributed by atoms with van der Waals surface area (Å²) in [6.45, 7) is 4.58. The summed E-state index contributed by atoms with van der Waals surface area (Å²) in [5.74, 6) is 0.0897. The van der Waals surface area contributed by atoms with Gasteiger partial charge in [-0.25, -0.2) is 0 Å². The van der Waals surface area contributed by atoms with Crippen molar-refractivity contribution >= 4 is 39.8 Å². The van der Waals surface area contributed by atoms with Crippen LogP contribution in [0.25, 0.3) is 0 Å². The van der Waals surface area contributed by atoms with Gasteiger partial charge in [-0.05, 0) is 53.3 Å². The highest BCUT2D eigenvalue weighted by atomic mass is 127. The van der Waals surface area contributed by atoms with Crippen LogP contribution in [0.1, 0.15) is 49.9 Å². The van der Waals surface area contributed by atoms with Crippen LogP contribution in [0.3, 0.4) is 0 Å². The van der Waals surface area contributed by atoms with Gasteiger partial charge in [0.1, 0.15) is 0 Å². The number of hydrogen-bond acceptors (Lipinski definition) is 2. The highest BCUT2D eigenvalue weighted by Crippen LogP contribution is 2.35. The smallest absolute Gasteiger partial charge is 0.252 e. The van der Waals surface area contributed by atoms with Crippen LogP contribution < -0.4 is 5.32 Å². The van der Waals surface area contributed by atoms with E-state index in [-0.39, 0.29) is 5.91 Å². The van der Waals surface area contributed by atoms with Crippen LogP contribution in [0, 0.1) is 8.30 Å². The molecule has 17 heavy (non-hydrogen) atoms. The van der Waals surface area contributed by atoms with Gasteiger partial charge in [0.25, 0.3) is 5.91 Å². The molecule has 94 valence electrons. The summed E-state index contributed by atoms with van der Waals surface area (Å²) >= 11 is 3.87. The number of carbonyl (C=O) groups excluding carboxylic acids is 1. The Balaban J connectivity index is 1.95. The molecule has 1 amide bonds. The molecule has 0 aromatic carbocycles. The lowest BCUT2D eigenvalue weighted by molar-refractivity contribution is 0.0903. The number of hydrogen-bond donors (Lipinski definition) is 1. The molecule has 0 spiro atoms. The van der Waals surface area contributed by atoms with E-state index in [2.05, 4.69) is 41.8 Å². The minimum atomic E-state index is 0.0897. The lowest BCUT2D eigenvalue weighted by Gasteiger charge is -2.35. The van der Waals surface area contributed by atoms with Crippen molar-refractivity contribution in [2.75, 3.05) is 0 Å². The third kappa shape index (κ3) is 3.68. The largest absolute Gasteiger partial charge is 0.349 e. The Labute approximate surface area is 120 Å². The Morgan fingerprint density at radius 1 is 1.59 bits per heavy atom. The average Bonchev–Trinajstić information content (AvgIpc) is 2.63. The summed E-state index contributed by atoms with van der Waals surface area (Å²) in [5.41, 5.74) is 1.18. The second kappa shape index (κ2) is 5.26. The van der Waals surface area contributed by atoms with Crippen molar-refractivity contribution in [3.8, 4) is 0 Å². The molecule has 1 fully saturated rings. The van der Waals surface area contributed by atoms with Crippen LogP contribution in [0.2, 0.25) is 0 Å². The van der Waals surface area contributed by atoms with Crippen LogP contribution in [0.4, 0.5) is 0 Å². The first-order valence-electron chi connectivity index (χ1n) is 6.01. The van der Waals surface area contributed by atoms with Crippen LogP contribution in [-0.4, -0.2) is 11.9 Å². The maximum atomic E-state index is 12.0. The highest BCUT2D eigenvalue weighted by Gasteiger charge is 2.28. The first-order valence-corrected chi connectivity index (χ1v) is 7.97. The Bertz CT molecular complexity index is 413. The predicted octanol–water partition coefficient (Wildman–Crippen LogP) is 4.05. The standard InChI is InChI=1S/C13H18INOS/c1-13(2)5-3-4-10(7-13)15-12(16)9-6-11(14)17-8-9/h6,8,10H,3-5,7H2,1-2H3,(H,15,16). The monoisotopic (exact) mass is 363 g/mol. The van der Waals surface area contributed by atoms with Crippen molar-refractivity contribution in [1.29, 1.82) is 0 Å². The molecule has 0 bridgehead atoms. The second-order valence-electron chi connectivity index (χ2n) is 5.57. The van der Waals surface area contributed by atoms with Crippen molar-refractivity contribution in [2.24, 2.45) is 5.41 Å². The lowest BCUT2D eigenvalue weighted by Crippen LogP contribution is -2.40. The number of halogens is 1. The van der Waals surface area contributed by atoms with Gasteiger partial charge in [0.05, 0.1) is 8.45 Å². The number of amides is 1. The van der Waals surface area contributed by atoms with Crippen molar-refractivity contribution in [3.63, 3.8) is 0 Å². The number of rotatable bonds is 2. The Morgan fingerprint density at radius 3 is 2.94 bits per heavy atom. The molecule has 1 atom stereocenters. The number of nitrogens with one attached hydrogen (secondary N) is 1. The lowest BCUT2D eigenvalue weighted by atomic mass is 9.75. The summed E-state index contributed by atoms with van der Waals surface area (Å²) in [4.78, 5) is 12.0. The molecular weight excluding hydrogens is 345 g/mol. The first-order chi connectivity index (χ1) is 7.96. The van der Waals surface area contributed by atoms with Gasteiger partial charge in [-0.3, -0.25) is 4.79 Å². The molecule has 4 heteroatoms. The van der Waals surface area contributed by atoms with E-state index in [1.54, 1.807) is 11.3 Å². The summed E-state index contributed by atoms with van der Waals surface area (Å²) in [7, 11) is 0. The topological polar surface area (TPSA) is 29.1 Å². The quantitative estimate of drug-likeness (QED) is 0.790. The van der Waals surface area contributed by atoms with Gasteiger partial charge in [-0.1, -0.05) is 20.3 Å². The normalized spacial score (nSPS) is 23.4. The van der Waals surface area contributed by atoms with Gasteiger partial charge in [-0.2, -0.15) is 0 Å². The van der Waals surface area contributed by atoms with Crippen LogP contribution in [0.15, 0.2) is 11.4 Å². The molecule has 1 unspecified atom stereocenters. The maximum absolute atomic E-state index is 12.0. The third-order valence-electron chi connectivity index (χ3n) is 3.37. The average molecular weight is 363 g/mol. The Hall–Kier alpha value is -0.100. The molecule has 0 radical (unpaired) electrons. The van der Waals surface area contributed by atoms with Crippen molar-refractivity contribution < 1.29 is 4.79 Å². The predicted molar refractivity (Wildman–Crippen MR) is 80.5 cm³/mol. The molecule has 1 aliphatic carbocycles. The summed E-state index contributed by atoms with van der Waals surface area (Å²) in [6.07, 6.45) is 4.71. The van der Waals surface area contributed by atoms with Gasteiger partial charge in [-0.15, -0.1) is 11.3 Å². The molecule has 2 nitrogen and oxygen atoms in total. The zero-order chi connectivity index (χ0) is 12.5. The summed E-state index contributed by atoms with van der Waals surface area (Å²) in [6, 6.07) is 2.30. The molecule has 1 aromatic rings. The van der Waals surface area contributed by atoms with Crippen LogP contribution in [0.5, 0.6) is 0 Å². The van der Waals surface area contributed by atoms with Crippen molar-refractivity contribution in [2.45, 2.75) is 45.6 Å². The molecule has 1 saturated carbocycles. The molecule has 1 heterocycles.